The molecule has 0 aliphatic heterocycles. The molecule has 622 valence electrons. The molecule has 25 heteroatoms. The number of methoxy groups -OCH3 is 3. The van der Waals surface area contributed by atoms with Gasteiger partial charge in [-0.05, 0) is 136 Å². The molecule has 0 aliphatic rings. The van der Waals surface area contributed by atoms with Gasteiger partial charge in [0.2, 0.25) is 0 Å². The summed E-state index contributed by atoms with van der Waals surface area (Å²) >= 11 is 0. The Morgan fingerprint density at radius 2 is 0.619 bits per heavy atom. The number of hydrogen-bond donors (Lipinski definition) is 1. The molecule has 6 aromatic carbocycles. The number of nitro benzene ring substituents is 1. The Bertz CT molecular complexity index is 4340. The second-order valence-electron chi connectivity index (χ2n) is 21.8. The summed E-state index contributed by atoms with van der Waals surface area (Å²) in [5.41, 5.74) is 17.0. The molecule has 0 saturated carbocycles. The van der Waals surface area contributed by atoms with E-state index in [4.69, 9.17) is 5.73 Å². The summed E-state index contributed by atoms with van der Waals surface area (Å²) in [7, 11) is 8.97. The Hall–Kier alpha value is -9.36. The molecule has 3 heterocycles. The molecule has 0 fully saturated rings. The van der Waals surface area contributed by atoms with Gasteiger partial charge in [-0.25, -0.2) is 28.1 Å². The van der Waals surface area contributed by atoms with E-state index in [9.17, 15) is 53.3 Å². The van der Waals surface area contributed by atoms with Crippen molar-refractivity contribution >= 4 is 29.3 Å². The SMILES string of the molecule is CC.CC.CC.CC.CC.CC.C[CH-]C(=O)OC.C[CH-]C(=O)OC.C[CH-]C(=O)OC.Cc1cc(C)c(-n2c(=O)cc(C)n(C)c2=O)cc1Cc1ccccc1.Cc1cc(N)c(Cc2ccccc2)cc1-n1c(=O)cc(C)n(C)c1=O.Cc1cc([N+](=O)[O-])c(Cc2ccccc2)cc1-n1c(=O)cc(C)n(C)c1=O.[CH3-].[CH3-].[CH3-].[W+2].[W+2].[W+2]. The van der Waals surface area contributed by atoms with E-state index in [0.29, 0.717) is 63.8 Å². The normalized spacial score (nSPS) is 8.81. The quantitative estimate of drug-likeness (QED) is 0.0280. The zero-order valence-electron chi connectivity index (χ0n) is 72.9. The number of aryl methyl sites for hydroxylation is 7. The van der Waals surface area contributed by atoms with Gasteiger partial charge in [0.05, 0.1) is 43.3 Å². The maximum absolute atomic E-state index is 12.6. The first-order valence-electron chi connectivity index (χ1n) is 35.9. The van der Waals surface area contributed by atoms with Gasteiger partial charge in [0, 0.05) is 80.2 Å². The van der Waals surface area contributed by atoms with Crippen molar-refractivity contribution in [1.29, 1.82) is 0 Å². The number of nitrogens with two attached hydrogens (primary N) is 1. The number of carbonyl (C=O) groups excluding carboxylic acids is 3. The number of esters is 3. The molecular weight excluding hydrogens is 1940 g/mol. The van der Waals surface area contributed by atoms with Gasteiger partial charge >= 0.3 is 80.3 Å². The molecule has 0 unspecified atom stereocenters. The molecule has 0 spiro atoms. The number of hydrogen-bond acceptors (Lipinski definition) is 15. The number of anilines is 1. The van der Waals surface area contributed by atoms with Crippen LogP contribution in [0.15, 0.2) is 174 Å². The molecule has 0 bridgehead atoms. The van der Waals surface area contributed by atoms with Gasteiger partial charge in [0.15, 0.2) is 17.9 Å². The van der Waals surface area contributed by atoms with Crippen LogP contribution in [0.25, 0.3) is 17.1 Å². The van der Waals surface area contributed by atoms with Crippen molar-refractivity contribution in [3.05, 3.63) is 332 Å². The monoisotopic (exact) mass is 2070 g/mol. The number of aromatic nitrogens is 6. The standard InChI is InChI=1S/C21H22N2O2.C20H19N3O4.C20H21N3O2.3C4H7O2.6C2H6.3CH3.3W/c1-14-10-15(2)19(13-18(14)12-17-8-6-5-7-9-17)23-20(24)11-16(3)22(4)21(23)25;1-13-9-18(23(26)27)16(11-15-7-5-4-6-8-15)12-17(13)22-19(24)10-14(2)21(3)20(22)25;1-13-9-17(21)16(11-15-7-5-4-6-8-15)12-18(13)23-19(24)10-14(2)22(3)20(23)25;3*1-3-4(5)6-2;6*1-2;;;;;;/h5-11,13H,12H2,1-4H3;4-10,12H,11H2,1-3H3;4-10,12H,11,21H2,1-3H3;3*3H,1-2H3;6*1-2H3;3*1H3;;;/q;;;3*-1;;;;;;;3*-1;3*+2. The Labute approximate surface area is 717 Å². The largest absolute Gasteiger partial charge is 2.00 e. The maximum atomic E-state index is 12.6. The zero-order chi connectivity index (χ0) is 83.0. The van der Waals surface area contributed by atoms with Crippen molar-refractivity contribution in [2.75, 3.05) is 27.1 Å². The van der Waals surface area contributed by atoms with Crippen LogP contribution in [0.3, 0.4) is 0 Å². The van der Waals surface area contributed by atoms with Gasteiger partial charge in [-0.3, -0.25) is 58.1 Å². The summed E-state index contributed by atoms with van der Waals surface area (Å²) < 4.78 is 20.5. The first-order chi connectivity index (χ1) is 51.0. The minimum atomic E-state index is -0.484. The third kappa shape index (κ3) is 39.3. The van der Waals surface area contributed by atoms with E-state index in [0.717, 1.165) is 49.9 Å². The fourth-order valence-corrected chi connectivity index (χ4v) is 9.42. The van der Waals surface area contributed by atoms with Crippen molar-refractivity contribution in [3.8, 4) is 17.1 Å². The number of nitro groups is 1. The molecule has 0 radical (unpaired) electrons. The van der Waals surface area contributed by atoms with Gasteiger partial charge in [0.25, 0.3) is 22.4 Å². The average molecular weight is 2070 g/mol. The van der Waals surface area contributed by atoms with Gasteiger partial charge in [-0.15, -0.1) is 0 Å². The van der Waals surface area contributed by atoms with Gasteiger partial charge in [-0.1, -0.05) is 180 Å². The Balaban J connectivity index is -0.000000170. The van der Waals surface area contributed by atoms with E-state index in [1.807, 2.05) is 200 Å². The van der Waals surface area contributed by atoms with Gasteiger partial charge < -0.3 is 55.9 Å². The van der Waals surface area contributed by atoms with Crippen LogP contribution in [0.2, 0.25) is 0 Å². The van der Waals surface area contributed by atoms with Crippen LogP contribution in [-0.4, -0.2) is 71.6 Å². The fourth-order valence-electron chi connectivity index (χ4n) is 9.42. The van der Waals surface area contributed by atoms with Crippen molar-refractivity contribution in [2.24, 2.45) is 21.1 Å². The molecule has 113 heavy (non-hydrogen) atoms. The van der Waals surface area contributed by atoms with Crippen molar-refractivity contribution in [1.82, 2.24) is 27.4 Å². The predicted octanol–water partition coefficient (Wildman–Crippen LogP) is 16.7. The van der Waals surface area contributed by atoms with Gasteiger partial charge in [-0.2, -0.15) is 20.8 Å². The molecule has 2 N–H and O–H groups in total. The van der Waals surface area contributed by atoms with Crippen LogP contribution in [0.4, 0.5) is 11.4 Å². The van der Waals surface area contributed by atoms with Crippen LogP contribution >= 0.6 is 0 Å². The van der Waals surface area contributed by atoms with Crippen molar-refractivity contribution in [3.63, 3.8) is 0 Å². The van der Waals surface area contributed by atoms with E-state index < -0.39 is 16.2 Å². The smallest absolute Gasteiger partial charge is 0.491 e. The molecule has 0 aliphatic carbocycles. The Kier molecular flexibility index (Phi) is 72.5. The van der Waals surface area contributed by atoms with E-state index in [2.05, 4.69) is 33.3 Å². The third-order valence-corrected chi connectivity index (χ3v) is 15.1. The molecule has 0 saturated heterocycles. The van der Waals surface area contributed by atoms with E-state index >= 15 is 0 Å². The van der Waals surface area contributed by atoms with Gasteiger partial charge in [0.1, 0.15) is 0 Å². The number of carbonyl (C=O) groups is 3. The van der Waals surface area contributed by atoms with E-state index in [-0.39, 0.29) is 132 Å². The minimum Gasteiger partial charge on any atom is -0.491 e. The van der Waals surface area contributed by atoms with Crippen LogP contribution < -0.4 is 39.5 Å². The molecule has 22 nitrogen and oxygen atoms in total. The summed E-state index contributed by atoms with van der Waals surface area (Å²) in [6, 6.07) is 44.5. The summed E-state index contributed by atoms with van der Waals surface area (Å²) in [6.45, 7) is 41.6. The summed E-state index contributed by atoms with van der Waals surface area (Å²) in [5.74, 6) is -0.847. The number of ether oxygens (including phenoxy) is 3. The topological polar surface area (TPSA) is 280 Å². The second-order valence-corrected chi connectivity index (χ2v) is 21.8. The molecule has 9 aromatic rings. The molecule has 0 atom stereocenters. The van der Waals surface area contributed by atoms with Crippen LogP contribution in [0.5, 0.6) is 0 Å². The first kappa shape index (κ1) is 122. The number of rotatable bonds is 13. The molecular formula is C88H128N8O14W3. The maximum Gasteiger partial charge on any atom is 2.00 e. The summed E-state index contributed by atoms with van der Waals surface area (Å²) in [6.07, 6.45) is 5.81. The average Bonchev–Trinajstić information content (AvgIpc) is 0.789. The van der Waals surface area contributed by atoms with Crippen molar-refractivity contribution < 1.29 is 96.7 Å². The van der Waals surface area contributed by atoms with Crippen molar-refractivity contribution in [2.45, 2.75) is 172 Å². The minimum absolute atomic E-state index is 0. The van der Waals surface area contributed by atoms with E-state index in [1.165, 1.54) is 93.3 Å². The Morgan fingerprint density at radius 1 is 0.381 bits per heavy atom. The number of nitrogen functional groups attached to an aromatic ring is 1. The van der Waals surface area contributed by atoms with Crippen LogP contribution in [0, 0.1) is 100 Å². The summed E-state index contributed by atoms with van der Waals surface area (Å²) in [5, 5.41) is 11.5. The zero-order valence-corrected chi connectivity index (χ0v) is 81.7. The molecule has 9 rings (SSSR count). The molecule has 0 amide bonds. The predicted molar refractivity (Wildman–Crippen MR) is 457 cm³/mol. The van der Waals surface area contributed by atoms with Crippen LogP contribution in [0.1, 0.15) is 177 Å². The number of benzene rings is 6. The molecule has 3 aromatic heterocycles. The Morgan fingerprint density at radius 3 is 0.876 bits per heavy atom. The van der Waals surface area contributed by atoms with E-state index in [1.54, 1.807) is 75.7 Å². The first-order valence-corrected chi connectivity index (χ1v) is 35.9. The third-order valence-electron chi connectivity index (χ3n) is 15.1. The summed E-state index contributed by atoms with van der Waals surface area (Å²) in [4.78, 5) is 116. The van der Waals surface area contributed by atoms with Crippen LogP contribution in [-0.2, 0) is 132 Å². The second kappa shape index (κ2) is 67.2. The number of nitrogens with zero attached hydrogens (tertiary/aromatic N) is 7. The fraction of sp³-hybridized carbons (Fsp3) is 0.352.